The van der Waals surface area contributed by atoms with Gasteiger partial charge in [-0.2, -0.15) is 0 Å². The summed E-state index contributed by atoms with van der Waals surface area (Å²) < 4.78 is 6.06. The van der Waals surface area contributed by atoms with E-state index in [1.807, 2.05) is 42.5 Å². The van der Waals surface area contributed by atoms with Crippen LogP contribution < -0.4 is 4.74 Å². The second-order valence-electron chi connectivity index (χ2n) is 7.39. The van der Waals surface area contributed by atoms with Crippen molar-refractivity contribution in [2.24, 2.45) is 0 Å². The van der Waals surface area contributed by atoms with Crippen molar-refractivity contribution >= 4 is 23.8 Å². The molecule has 0 aliphatic carbocycles. The van der Waals surface area contributed by atoms with Crippen molar-refractivity contribution < 1.29 is 9.84 Å². The molecule has 2 aromatic carbocycles. The van der Waals surface area contributed by atoms with Crippen LogP contribution in [-0.2, 0) is 0 Å². The Balaban J connectivity index is 1.40. The summed E-state index contributed by atoms with van der Waals surface area (Å²) in [5.74, 6) is 0.920. The number of aliphatic hydroxyl groups is 1. The lowest BCUT2D eigenvalue weighted by atomic mass is 10.1. The molecule has 1 saturated heterocycles. The summed E-state index contributed by atoms with van der Waals surface area (Å²) in [6.07, 6.45) is 6.32. The van der Waals surface area contributed by atoms with Crippen LogP contribution in [0.2, 0.25) is 5.02 Å². The lowest BCUT2D eigenvalue weighted by Gasteiger charge is -2.34. The number of β-amino-alcohol motifs (C(OH)–C–C–N with tert-alkyl or cyclic N) is 1. The van der Waals surface area contributed by atoms with Crippen molar-refractivity contribution in [1.82, 2.24) is 9.80 Å². The third kappa shape index (κ3) is 7.48. The van der Waals surface area contributed by atoms with Gasteiger partial charge in [0.2, 0.25) is 0 Å². The number of rotatable bonds is 10. The highest BCUT2D eigenvalue weighted by Crippen LogP contribution is 2.22. The Bertz CT molecular complexity index is 773. The summed E-state index contributed by atoms with van der Waals surface area (Å²) >= 11 is 6.06. The van der Waals surface area contributed by atoms with Gasteiger partial charge in [0.25, 0.3) is 0 Å². The molecule has 0 unspecified atom stereocenters. The second kappa shape index (κ2) is 12.0. The molecule has 1 heterocycles. The molecule has 0 aromatic heterocycles. The lowest BCUT2D eigenvalue weighted by molar-refractivity contribution is 0.110. The topological polar surface area (TPSA) is 35.9 Å². The fraction of sp³-hybridized carbons (Fsp3) is 0.417. The fourth-order valence-electron chi connectivity index (χ4n) is 3.54. The second-order valence-corrected chi connectivity index (χ2v) is 7.83. The predicted molar refractivity (Wildman–Crippen MR) is 122 cm³/mol. The zero-order valence-electron chi connectivity index (χ0n) is 17.0. The zero-order valence-corrected chi connectivity index (χ0v) is 17.7. The Kier molecular flexibility index (Phi) is 9.03. The van der Waals surface area contributed by atoms with E-state index in [2.05, 4.69) is 28.0 Å². The summed E-state index contributed by atoms with van der Waals surface area (Å²) in [7, 11) is 0. The molecule has 156 valence electrons. The number of unbranched alkanes of at least 4 members (excludes halogenated alkanes) is 1. The Morgan fingerprint density at radius 3 is 2.41 bits per heavy atom. The summed E-state index contributed by atoms with van der Waals surface area (Å²) in [6, 6.07) is 16.0. The average molecular weight is 415 g/mol. The number of hydrogen-bond acceptors (Lipinski definition) is 4. The molecule has 0 bridgehead atoms. The number of nitrogens with zero attached hydrogens (tertiary/aromatic N) is 2. The maximum Gasteiger partial charge on any atom is 0.126 e. The van der Waals surface area contributed by atoms with Crippen LogP contribution in [0.4, 0.5) is 0 Å². The van der Waals surface area contributed by atoms with Crippen LogP contribution in [0.25, 0.3) is 12.2 Å². The van der Waals surface area contributed by atoms with E-state index in [0.717, 1.165) is 80.6 Å². The maximum absolute atomic E-state index is 9.02. The van der Waals surface area contributed by atoms with Gasteiger partial charge in [-0.05, 0) is 43.1 Å². The van der Waals surface area contributed by atoms with Gasteiger partial charge in [-0.1, -0.05) is 54.1 Å². The smallest absolute Gasteiger partial charge is 0.126 e. The number of halogens is 1. The zero-order chi connectivity index (χ0) is 20.3. The minimum absolute atomic E-state index is 0.257. The maximum atomic E-state index is 9.02. The fourth-order valence-corrected chi connectivity index (χ4v) is 3.74. The number of para-hydroxylation sites is 1. The van der Waals surface area contributed by atoms with E-state index in [9.17, 15) is 0 Å². The van der Waals surface area contributed by atoms with Crippen molar-refractivity contribution in [1.29, 1.82) is 0 Å². The Hall–Kier alpha value is -1.85. The molecule has 2 aromatic rings. The Labute approximate surface area is 179 Å². The molecule has 3 rings (SSSR count). The average Bonchev–Trinajstić information content (AvgIpc) is 2.74. The molecular weight excluding hydrogens is 384 g/mol. The van der Waals surface area contributed by atoms with E-state index >= 15 is 0 Å². The van der Waals surface area contributed by atoms with Crippen molar-refractivity contribution in [3.63, 3.8) is 0 Å². The largest absolute Gasteiger partial charge is 0.493 e. The molecule has 0 radical (unpaired) electrons. The summed E-state index contributed by atoms with van der Waals surface area (Å²) in [6.45, 7) is 7.21. The molecule has 1 aliphatic heterocycles. The third-order valence-electron chi connectivity index (χ3n) is 5.23. The van der Waals surface area contributed by atoms with E-state index in [0.29, 0.717) is 0 Å². The number of hydrogen-bond donors (Lipinski definition) is 1. The molecular formula is C24H31ClN2O2. The Morgan fingerprint density at radius 1 is 0.897 bits per heavy atom. The molecule has 5 heteroatoms. The normalized spacial score (nSPS) is 15.8. The minimum atomic E-state index is 0.257. The predicted octanol–water partition coefficient (Wildman–Crippen LogP) is 4.28. The highest BCUT2D eigenvalue weighted by Gasteiger charge is 2.15. The van der Waals surface area contributed by atoms with Crippen molar-refractivity contribution in [2.75, 3.05) is 52.5 Å². The van der Waals surface area contributed by atoms with E-state index in [1.165, 1.54) is 0 Å². The SMILES string of the molecule is OCCN1CCN(CCCCOc2ccccc2C=Cc2cccc(Cl)c2)CC1. The van der Waals surface area contributed by atoms with Crippen LogP contribution in [0.3, 0.4) is 0 Å². The van der Waals surface area contributed by atoms with E-state index in [1.54, 1.807) is 0 Å². The quantitative estimate of drug-likeness (QED) is 0.465. The van der Waals surface area contributed by atoms with Gasteiger partial charge in [0, 0.05) is 43.3 Å². The minimum Gasteiger partial charge on any atom is -0.493 e. The van der Waals surface area contributed by atoms with Gasteiger partial charge in [0.15, 0.2) is 0 Å². The van der Waals surface area contributed by atoms with Crippen LogP contribution in [0.15, 0.2) is 48.5 Å². The Morgan fingerprint density at radius 2 is 1.66 bits per heavy atom. The summed E-state index contributed by atoms with van der Waals surface area (Å²) in [4.78, 5) is 4.84. The molecule has 29 heavy (non-hydrogen) atoms. The van der Waals surface area contributed by atoms with E-state index in [-0.39, 0.29) is 6.61 Å². The van der Waals surface area contributed by atoms with Gasteiger partial charge in [0.1, 0.15) is 5.75 Å². The van der Waals surface area contributed by atoms with Crippen LogP contribution in [0.5, 0.6) is 5.75 Å². The van der Waals surface area contributed by atoms with Gasteiger partial charge < -0.3 is 14.7 Å². The molecule has 1 fully saturated rings. The monoisotopic (exact) mass is 414 g/mol. The molecule has 0 saturated carbocycles. The van der Waals surface area contributed by atoms with Gasteiger partial charge in [-0.15, -0.1) is 0 Å². The van der Waals surface area contributed by atoms with Gasteiger partial charge in [-0.25, -0.2) is 0 Å². The first kappa shape index (κ1) is 21.8. The molecule has 0 amide bonds. The van der Waals surface area contributed by atoms with Crippen molar-refractivity contribution in [3.05, 3.63) is 64.7 Å². The number of ether oxygens (including phenoxy) is 1. The van der Waals surface area contributed by atoms with Crippen LogP contribution in [0, 0.1) is 0 Å². The highest BCUT2D eigenvalue weighted by molar-refractivity contribution is 6.30. The van der Waals surface area contributed by atoms with Crippen LogP contribution in [0.1, 0.15) is 24.0 Å². The number of benzene rings is 2. The third-order valence-corrected chi connectivity index (χ3v) is 5.47. The first-order chi connectivity index (χ1) is 14.2. The van der Waals surface area contributed by atoms with Crippen LogP contribution >= 0.6 is 11.6 Å². The van der Waals surface area contributed by atoms with E-state index < -0.39 is 0 Å². The van der Waals surface area contributed by atoms with Gasteiger partial charge in [0.05, 0.1) is 13.2 Å². The molecule has 1 N–H and O–H groups in total. The number of aliphatic hydroxyl groups excluding tert-OH is 1. The van der Waals surface area contributed by atoms with Gasteiger partial charge in [-0.3, -0.25) is 4.90 Å². The summed E-state index contributed by atoms with van der Waals surface area (Å²) in [5, 5.41) is 9.76. The molecule has 1 aliphatic rings. The van der Waals surface area contributed by atoms with Crippen molar-refractivity contribution in [2.45, 2.75) is 12.8 Å². The molecule has 0 atom stereocenters. The van der Waals surface area contributed by atoms with Gasteiger partial charge >= 0.3 is 0 Å². The van der Waals surface area contributed by atoms with Crippen LogP contribution in [-0.4, -0.2) is 67.4 Å². The molecule has 4 nitrogen and oxygen atoms in total. The number of piperazine rings is 1. The first-order valence-corrected chi connectivity index (χ1v) is 10.8. The lowest BCUT2D eigenvalue weighted by Crippen LogP contribution is -2.47. The van der Waals surface area contributed by atoms with Crippen molar-refractivity contribution in [3.8, 4) is 5.75 Å². The first-order valence-electron chi connectivity index (χ1n) is 10.5. The molecule has 0 spiro atoms. The standard InChI is InChI=1S/C24H31ClN2O2/c25-23-8-5-6-21(20-23)10-11-22-7-1-2-9-24(22)29-19-4-3-12-26-13-15-27(16-14-26)17-18-28/h1-2,5-11,20,28H,3-4,12-19H2. The highest BCUT2D eigenvalue weighted by atomic mass is 35.5. The van der Waals surface area contributed by atoms with E-state index in [4.69, 9.17) is 21.4 Å². The summed E-state index contributed by atoms with van der Waals surface area (Å²) in [5.41, 5.74) is 2.15.